The minimum Gasteiger partial charge on any atom is -0.399 e. The number of nitrogen functional groups attached to an aromatic ring is 1. The standard InChI is InChI=1S/C14H11N3O2/c15-8-1-3-9(4-2-8)16-10-5-6-11-12(7-10)14(19)17-13(11)18/h1-7,16H,15H2,(H,17,18,19). The Balaban J connectivity index is 1.91. The third-order valence-corrected chi connectivity index (χ3v) is 2.94. The Bertz CT molecular complexity index is 678. The van der Waals surface area contributed by atoms with Crippen LogP contribution in [0.15, 0.2) is 42.5 Å². The zero-order valence-electron chi connectivity index (χ0n) is 9.94. The molecule has 4 N–H and O–H groups in total. The van der Waals surface area contributed by atoms with E-state index in [4.69, 9.17) is 5.73 Å². The summed E-state index contributed by atoms with van der Waals surface area (Å²) in [5.74, 6) is -0.708. The van der Waals surface area contributed by atoms with Gasteiger partial charge in [-0.3, -0.25) is 14.9 Å². The summed E-state index contributed by atoms with van der Waals surface area (Å²) in [7, 11) is 0. The molecule has 19 heavy (non-hydrogen) atoms. The molecule has 1 heterocycles. The van der Waals surface area contributed by atoms with Gasteiger partial charge in [0.25, 0.3) is 11.8 Å². The van der Waals surface area contributed by atoms with E-state index in [0.717, 1.165) is 11.4 Å². The zero-order valence-corrected chi connectivity index (χ0v) is 9.94. The van der Waals surface area contributed by atoms with Crippen LogP contribution in [0.1, 0.15) is 20.7 Å². The average molecular weight is 253 g/mol. The van der Waals surface area contributed by atoms with Gasteiger partial charge >= 0.3 is 0 Å². The van der Waals surface area contributed by atoms with Crippen LogP contribution < -0.4 is 16.4 Å². The van der Waals surface area contributed by atoms with Crippen molar-refractivity contribution in [1.29, 1.82) is 0 Å². The number of rotatable bonds is 2. The molecule has 0 saturated heterocycles. The first-order valence-corrected chi connectivity index (χ1v) is 5.76. The number of nitrogens with one attached hydrogen (secondary N) is 2. The van der Waals surface area contributed by atoms with Crippen molar-refractivity contribution in [3.8, 4) is 0 Å². The van der Waals surface area contributed by atoms with E-state index < -0.39 is 0 Å². The van der Waals surface area contributed by atoms with E-state index in [1.807, 2.05) is 12.1 Å². The van der Waals surface area contributed by atoms with Gasteiger partial charge in [-0.25, -0.2) is 0 Å². The molecule has 0 atom stereocenters. The van der Waals surface area contributed by atoms with E-state index in [1.54, 1.807) is 30.3 Å². The minimum absolute atomic E-state index is 0.348. The molecule has 0 saturated carbocycles. The van der Waals surface area contributed by atoms with Gasteiger partial charge in [0.2, 0.25) is 0 Å². The van der Waals surface area contributed by atoms with Gasteiger partial charge in [-0.1, -0.05) is 0 Å². The topological polar surface area (TPSA) is 84.2 Å². The van der Waals surface area contributed by atoms with Gasteiger partial charge < -0.3 is 11.1 Å². The molecule has 0 aliphatic carbocycles. The Kier molecular flexibility index (Phi) is 2.45. The Labute approximate surface area is 109 Å². The summed E-state index contributed by atoms with van der Waals surface area (Å²) in [5.41, 5.74) is 8.70. The van der Waals surface area contributed by atoms with Crippen LogP contribution in [0.3, 0.4) is 0 Å². The lowest BCUT2D eigenvalue weighted by Gasteiger charge is -2.07. The van der Waals surface area contributed by atoms with E-state index in [-0.39, 0.29) is 11.8 Å². The molecule has 0 unspecified atom stereocenters. The number of imide groups is 1. The highest BCUT2D eigenvalue weighted by atomic mass is 16.2. The highest BCUT2D eigenvalue weighted by Gasteiger charge is 2.26. The number of anilines is 3. The molecular weight excluding hydrogens is 242 g/mol. The number of amides is 2. The number of hydrogen-bond donors (Lipinski definition) is 3. The Morgan fingerprint density at radius 1 is 0.842 bits per heavy atom. The number of fused-ring (bicyclic) bond motifs is 1. The van der Waals surface area contributed by atoms with Gasteiger partial charge in [-0.15, -0.1) is 0 Å². The molecule has 3 rings (SSSR count). The maximum atomic E-state index is 11.5. The SMILES string of the molecule is Nc1ccc(Nc2ccc3c(c2)C(=O)NC3=O)cc1. The smallest absolute Gasteiger partial charge is 0.259 e. The molecule has 1 aliphatic rings. The van der Waals surface area contributed by atoms with Gasteiger partial charge in [0.15, 0.2) is 0 Å². The van der Waals surface area contributed by atoms with Crippen molar-refractivity contribution < 1.29 is 9.59 Å². The molecule has 0 bridgehead atoms. The summed E-state index contributed by atoms with van der Waals surface area (Å²) in [6.07, 6.45) is 0. The number of benzene rings is 2. The third kappa shape index (κ3) is 2.01. The van der Waals surface area contributed by atoms with Gasteiger partial charge in [0.05, 0.1) is 11.1 Å². The second-order valence-electron chi connectivity index (χ2n) is 4.29. The molecule has 0 fully saturated rings. The third-order valence-electron chi connectivity index (χ3n) is 2.94. The highest BCUT2D eigenvalue weighted by Crippen LogP contribution is 2.23. The number of carbonyl (C=O) groups is 2. The summed E-state index contributed by atoms with van der Waals surface area (Å²) in [5, 5.41) is 5.41. The summed E-state index contributed by atoms with van der Waals surface area (Å²) in [6.45, 7) is 0. The molecule has 2 aromatic carbocycles. The highest BCUT2D eigenvalue weighted by molar-refractivity contribution is 6.21. The van der Waals surface area contributed by atoms with E-state index in [0.29, 0.717) is 16.8 Å². The number of nitrogens with two attached hydrogens (primary N) is 1. The van der Waals surface area contributed by atoms with Crippen molar-refractivity contribution in [3.63, 3.8) is 0 Å². The number of hydrogen-bond acceptors (Lipinski definition) is 4. The predicted octanol–water partition coefficient (Wildman–Crippen LogP) is 1.90. The van der Waals surface area contributed by atoms with Crippen molar-refractivity contribution in [1.82, 2.24) is 5.32 Å². The predicted molar refractivity (Wildman–Crippen MR) is 72.4 cm³/mol. The van der Waals surface area contributed by atoms with Gasteiger partial charge in [0.1, 0.15) is 0 Å². The number of carbonyl (C=O) groups excluding carboxylic acids is 2. The zero-order chi connectivity index (χ0) is 13.4. The Morgan fingerprint density at radius 3 is 2.21 bits per heavy atom. The van der Waals surface area contributed by atoms with Crippen molar-refractivity contribution in [2.24, 2.45) is 0 Å². The minimum atomic E-state index is -0.360. The largest absolute Gasteiger partial charge is 0.399 e. The quantitative estimate of drug-likeness (QED) is 0.563. The lowest BCUT2D eigenvalue weighted by atomic mass is 10.1. The molecule has 1 aliphatic heterocycles. The average Bonchev–Trinajstić information content (AvgIpc) is 2.68. The van der Waals surface area contributed by atoms with Crippen molar-refractivity contribution in [3.05, 3.63) is 53.6 Å². The van der Waals surface area contributed by atoms with Crippen LogP contribution >= 0.6 is 0 Å². The van der Waals surface area contributed by atoms with Crippen molar-refractivity contribution >= 4 is 28.9 Å². The van der Waals surface area contributed by atoms with E-state index in [1.165, 1.54) is 0 Å². The summed E-state index contributed by atoms with van der Waals surface area (Å²) >= 11 is 0. The lowest BCUT2D eigenvalue weighted by molar-refractivity contribution is 0.0879. The van der Waals surface area contributed by atoms with Crippen molar-refractivity contribution in [2.75, 3.05) is 11.1 Å². The van der Waals surface area contributed by atoms with Crippen LogP contribution in [0.5, 0.6) is 0 Å². The second kappa shape index (κ2) is 4.13. The van der Waals surface area contributed by atoms with Crippen LogP contribution in [-0.2, 0) is 0 Å². The second-order valence-corrected chi connectivity index (χ2v) is 4.29. The maximum absolute atomic E-state index is 11.5. The lowest BCUT2D eigenvalue weighted by Crippen LogP contribution is -2.19. The van der Waals surface area contributed by atoms with E-state index in [9.17, 15) is 9.59 Å². The fraction of sp³-hybridized carbons (Fsp3) is 0. The molecular formula is C14H11N3O2. The molecule has 0 aromatic heterocycles. The van der Waals surface area contributed by atoms with Crippen molar-refractivity contribution in [2.45, 2.75) is 0 Å². The molecule has 5 heteroatoms. The van der Waals surface area contributed by atoms with Crippen LogP contribution in [0.4, 0.5) is 17.1 Å². The fourth-order valence-electron chi connectivity index (χ4n) is 1.98. The Hall–Kier alpha value is -2.82. The molecule has 94 valence electrons. The van der Waals surface area contributed by atoms with E-state index >= 15 is 0 Å². The van der Waals surface area contributed by atoms with Crippen LogP contribution in [0.25, 0.3) is 0 Å². The molecule has 0 spiro atoms. The molecule has 0 radical (unpaired) electrons. The normalized spacial score (nSPS) is 13.1. The maximum Gasteiger partial charge on any atom is 0.259 e. The van der Waals surface area contributed by atoms with E-state index in [2.05, 4.69) is 10.6 Å². The molecule has 2 amide bonds. The van der Waals surface area contributed by atoms with Gasteiger partial charge in [-0.05, 0) is 42.5 Å². The summed E-state index contributed by atoms with van der Waals surface area (Å²) in [6, 6.07) is 12.3. The summed E-state index contributed by atoms with van der Waals surface area (Å²) < 4.78 is 0. The first-order chi connectivity index (χ1) is 9.13. The summed E-state index contributed by atoms with van der Waals surface area (Å²) in [4.78, 5) is 23.0. The first kappa shape index (κ1) is 11.3. The van der Waals surface area contributed by atoms with Crippen LogP contribution in [0.2, 0.25) is 0 Å². The molecule has 5 nitrogen and oxygen atoms in total. The monoisotopic (exact) mass is 253 g/mol. The molecule has 2 aromatic rings. The van der Waals surface area contributed by atoms with Gasteiger partial charge in [0, 0.05) is 17.1 Å². The Morgan fingerprint density at radius 2 is 1.47 bits per heavy atom. The fourth-order valence-corrected chi connectivity index (χ4v) is 1.98. The van der Waals surface area contributed by atoms with Crippen LogP contribution in [0, 0.1) is 0 Å². The van der Waals surface area contributed by atoms with Gasteiger partial charge in [-0.2, -0.15) is 0 Å². The van der Waals surface area contributed by atoms with Crippen LogP contribution in [-0.4, -0.2) is 11.8 Å². The first-order valence-electron chi connectivity index (χ1n) is 5.76.